The normalized spacial score (nSPS) is 18.8. The van der Waals surface area contributed by atoms with Gasteiger partial charge < -0.3 is 5.32 Å². The summed E-state index contributed by atoms with van der Waals surface area (Å²) in [5.74, 6) is -0.313. The summed E-state index contributed by atoms with van der Waals surface area (Å²) in [6.45, 7) is 1.77. The molecule has 1 aromatic carbocycles. The summed E-state index contributed by atoms with van der Waals surface area (Å²) in [4.78, 5) is 23.0. The average Bonchev–Trinajstić information content (AvgIpc) is 2.47. The Bertz CT molecular complexity index is 502. The van der Waals surface area contributed by atoms with Crippen LogP contribution in [0.3, 0.4) is 0 Å². The Labute approximate surface area is 119 Å². The Hall–Kier alpha value is -1.88. The number of rotatable bonds is 3. The van der Waals surface area contributed by atoms with Gasteiger partial charge in [0.1, 0.15) is 0 Å². The number of fused-ring (bicyclic) bond motifs is 1. The third kappa shape index (κ3) is 3.36. The molecule has 5 heteroatoms. The van der Waals surface area contributed by atoms with E-state index in [1.807, 2.05) is 12.1 Å². The van der Waals surface area contributed by atoms with Crippen molar-refractivity contribution in [2.75, 3.05) is 7.05 Å². The van der Waals surface area contributed by atoms with Gasteiger partial charge >= 0.3 is 6.03 Å². The molecule has 5 nitrogen and oxygen atoms in total. The SMILES string of the molecule is CNC(=O)NC(=O)C(C)NC1CCCc2ccccc21. The van der Waals surface area contributed by atoms with Gasteiger partial charge in [-0.3, -0.25) is 15.4 Å². The van der Waals surface area contributed by atoms with E-state index in [9.17, 15) is 9.59 Å². The maximum atomic E-state index is 11.9. The molecular weight excluding hydrogens is 254 g/mol. The van der Waals surface area contributed by atoms with Crippen molar-refractivity contribution in [3.05, 3.63) is 35.4 Å². The number of aryl methyl sites for hydroxylation is 1. The number of urea groups is 1. The number of amides is 3. The molecule has 0 bridgehead atoms. The topological polar surface area (TPSA) is 70.2 Å². The van der Waals surface area contributed by atoms with E-state index in [0.29, 0.717) is 0 Å². The van der Waals surface area contributed by atoms with Crippen LogP contribution in [0.25, 0.3) is 0 Å². The fourth-order valence-electron chi connectivity index (χ4n) is 2.59. The molecule has 20 heavy (non-hydrogen) atoms. The van der Waals surface area contributed by atoms with Crippen molar-refractivity contribution in [3.63, 3.8) is 0 Å². The molecule has 0 radical (unpaired) electrons. The lowest BCUT2D eigenvalue weighted by atomic mass is 9.87. The standard InChI is InChI=1S/C15H21N3O2/c1-10(14(19)18-15(20)16-2)17-13-9-5-7-11-6-3-4-8-12(11)13/h3-4,6,8,10,13,17H,5,7,9H2,1-2H3,(H2,16,18,19,20). The van der Waals surface area contributed by atoms with Crippen LogP contribution in [0.5, 0.6) is 0 Å². The summed E-state index contributed by atoms with van der Waals surface area (Å²) in [6.07, 6.45) is 3.21. The first kappa shape index (κ1) is 14.5. The molecule has 0 aromatic heterocycles. The van der Waals surface area contributed by atoms with Crippen LogP contribution in [-0.4, -0.2) is 25.0 Å². The second-order valence-corrected chi connectivity index (χ2v) is 5.10. The molecule has 2 unspecified atom stereocenters. The summed E-state index contributed by atoms with van der Waals surface area (Å²) in [6, 6.07) is 7.59. The fraction of sp³-hybridized carbons (Fsp3) is 0.467. The van der Waals surface area contributed by atoms with Gasteiger partial charge in [-0.15, -0.1) is 0 Å². The molecule has 1 aliphatic rings. The highest BCUT2D eigenvalue weighted by atomic mass is 16.2. The van der Waals surface area contributed by atoms with Crippen molar-refractivity contribution >= 4 is 11.9 Å². The molecule has 0 saturated heterocycles. The highest BCUT2D eigenvalue weighted by molar-refractivity contribution is 5.96. The van der Waals surface area contributed by atoms with Crippen molar-refractivity contribution in [2.45, 2.75) is 38.3 Å². The Morgan fingerprint density at radius 3 is 2.80 bits per heavy atom. The number of benzene rings is 1. The third-order valence-electron chi connectivity index (χ3n) is 3.68. The minimum absolute atomic E-state index is 0.172. The zero-order valence-electron chi connectivity index (χ0n) is 11.9. The molecule has 2 atom stereocenters. The van der Waals surface area contributed by atoms with Crippen LogP contribution in [0, 0.1) is 0 Å². The molecule has 0 aliphatic heterocycles. The Morgan fingerprint density at radius 1 is 1.30 bits per heavy atom. The largest absolute Gasteiger partial charge is 0.341 e. The van der Waals surface area contributed by atoms with Gasteiger partial charge in [0, 0.05) is 13.1 Å². The van der Waals surface area contributed by atoms with Crippen molar-refractivity contribution in [2.24, 2.45) is 0 Å². The second-order valence-electron chi connectivity index (χ2n) is 5.10. The monoisotopic (exact) mass is 275 g/mol. The molecule has 0 fully saturated rings. The molecule has 1 aliphatic carbocycles. The van der Waals surface area contributed by atoms with E-state index in [-0.39, 0.29) is 11.9 Å². The minimum atomic E-state index is -0.479. The zero-order chi connectivity index (χ0) is 14.5. The molecule has 1 aromatic rings. The Kier molecular flexibility index (Phi) is 4.74. The molecule has 0 spiro atoms. The molecule has 108 valence electrons. The van der Waals surface area contributed by atoms with E-state index in [1.54, 1.807) is 6.92 Å². The molecule has 0 saturated carbocycles. The van der Waals surface area contributed by atoms with E-state index in [4.69, 9.17) is 0 Å². The first-order valence-electron chi connectivity index (χ1n) is 6.98. The fourth-order valence-corrected chi connectivity index (χ4v) is 2.59. The third-order valence-corrected chi connectivity index (χ3v) is 3.68. The number of nitrogens with one attached hydrogen (secondary N) is 3. The number of carbonyl (C=O) groups excluding carboxylic acids is 2. The first-order valence-corrected chi connectivity index (χ1v) is 6.98. The van der Waals surface area contributed by atoms with Crippen LogP contribution in [0.2, 0.25) is 0 Å². The van der Waals surface area contributed by atoms with Crippen LogP contribution in [0.15, 0.2) is 24.3 Å². The van der Waals surface area contributed by atoms with Gasteiger partial charge in [0.2, 0.25) is 5.91 Å². The number of imide groups is 1. The highest BCUT2D eigenvalue weighted by Crippen LogP contribution is 2.29. The smallest absolute Gasteiger partial charge is 0.321 e. The van der Waals surface area contributed by atoms with Crippen LogP contribution in [0.1, 0.15) is 36.9 Å². The van der Waals surface area contributed by atoms with Gasteiger partial charge in [-0.2, -0.15) is 0 Å². The van der Waals surface area contributed by atoms with Crippen LogP contribution < -0.4 is 16.0 Å². The van der Waals surface area contributed by atoms with E-state index in [2.05, 4.69) is 28.1 Å². The van der Waals surface area contributed by atoms with Gasteiger partial charge in [0.15, 0.2) is 0 Å². The van der Waals surface area contributed by atoms with Crippen molar-refractivity contribution in [3.8, 4) is 0 Å². The summed E-state index contributed by atoms with van der Waals surface area (Å²) < 4.78 is 0. The van der Waals surface area contributed by atoms with E-state index < -0.39 is 12.1 Å². The van der Waals surface area contributed by atoms with E-state index in [1.165, 1.54) is 18.2 Å². The lowest BCUT2D eigenvalue weighted by Crippen LogP contribution is -2.48. The van der Waals surface area contributed by atoms with Gasteiger partial charge in [0.25, 0.3) is 0 Å². The lowest BCUT2D eigenvalue weighted by molar-refractivity contribution is -0.121. The summed E-state index contributed by atoms with van der Waals surface area (Å²) in [7, 11) is 1.48. The van der Waals surface area contributed by atoms with Gasteiger partial charge in [-0.1, -0.05) is 24.3 Å². The first-order chi connectivity index (χ1) is 9.61. The molecule has 0 heterocycles. The minimum Gasteiger partial charge on any atom is -0.341 e. The second kappa shape index (κ2) is 6.52. The highest BCUT2D eigenvalue weighted by Gasteiger charge is 2.24. The van der Waals surface area contributed by atoms with Crippen LogP contribution >= 0.6 is 0 Å². The van der Waals surface area contributed by atoms with E-state index >= 15 is 0 Å². The molecule has 3 amide bonds. The summed E-state index contributed by atoms with van der Waals surface area (Å²) in [5.41, 5.74) is 2.61. The predicted molar refractivity (Wildman–Crippen MR) is 77.3 cm³/mol. The van der Waals surface area contributed by atoms with Gasteiger partial charge in [-0.05, 0) is 37.3 Å². The van der Waals surface area contributed by atoms with E-state index in [0.717, 1.165) is 19.3 Å². The van der Waals surface area contributed by atoms with Gasteiger partial charge in [0.05, 0.1) is 6.04 Å². The van der Waals surface area contributed by atoms with Crippen molar-refractivity contribution < 1.29 is 9.59 Å². The quantitative estimate of drug-likeness (QED) is 0.783. The molecule has 2 rings (SSSR count). The lowest BCUT2D eigenvalue weighted by Gasteiger charge is -2.28. The molecule has 3 N–H and O–H groups in total. The Morgan fingerprint density at radius 2 is 2.05 bits per heavy atom. The Balaban J connectivity index is 2.00. The predicted octanol–water partition coefficient (Wildman–Crippen LogP) is 1.50. The number of hydrogen-bond donors (Lipinski definition) is 3. The number of carbonyl (C=O) groups is 2. The van der Waals surface area contributed by atoms with Gasteiger partial charge in [-0.25, -0.2) is 4.79 Å². The van der Waals surface area contributed by atoms with Crippen LogP contribution in [0.4, 0.5) is 4.79 Å². The average molecular weight is 275 g/mol. The maximum absolute atomic E-state index is 11.9. The molecular formula is C15H21N3O2. The number of hydrogen-bond acceptors (Lipinski definition) is 3. The van der Waals surface area contributed by atoms with Crippen LogP contribution in [-0.2, 0) is 11.2 Å². The summed E-state index contributed by atoms with van der Waals surface area (Å²) >= 11 is 0. The maximum Gasteiger partial charge on any atom is 0.321 e. The van der Waals surface area contributed by atoms with Crippen molar-refractivity contribution in [1.29, 1.82) is 0 Å². The summed E-state index contributed by atoms with van der Waals surface area (Å²) in [5, 5.41) is 7.97. The van der Waals surface area contributed by atoms with Crippen molar-refractivity contribution in [1.82, 2.24) is 16.0 Å². The zero-order valence-corrected chi connectivity index (χ0v) is 11.9.